The number of hydrogen-bond acceptors (Lipinski definition) is 2. The first-order valence-electron chi connectivity index (χ1n) is 6.19. The fourth-order valence-corrected chi connectivity index (χ4v) is 1.51. The highest BCUT2D eigenvalue weighted by Gasteiger charge is 2.04. The van der Waals surface area contributed by atoms with Gasteiger partial charge in [-0.05, 0) is 18.8 Å². The third kappa shape index (κ3) is 7.55. The van der Waals surface area contributed by atoms with E-state index in [1.165, 1.54) is 0 Å². The highest BCUT2D eigenvalue weighted by Crippen LogP contribution is 2.10. The lowest BCUT2D eigenvalue weighted by atomic mass is 10.00. The van der Waals surface area contributed by atoms with E-state index in [4.69, 9.17) is 0 Å². The summed E-state index contributed by atoms with van der Waals surface area (Å²) in [5.74, 6) is -1.11. The van der Waals surface area contributed by atoms with Crippen molar-refractivity contribution in [3.63, 3.8) is 0 Å². The monoisotopic (exact) mass is 240 g/mol. The van der Waals surface area contributed by atoms with Gasteiger partial charge in [0.2, 0.25) is 6.33 Å². The molecule has 4 nitrogen and oxygen atoms in total. The van der Waals surface area contributed by atoms with Crippen LogP contribution in [0.15, 0.2) is 18.7 Å². The summed E-state index contributed by atoms with van der Waals surface area (Å²) in [6, 6.07) is 0. The minimum Gasteiger partial charge on any atom is -0.550 e. The molecule has 0 amide bonds. The highest BCUT2D eigenvalue weighted by molar-refractivity contribution is 5.67. The van der Waals surface area contributed by atoms with Gasteiger partial charge in [-0.1, -0.05) is 26.7 Å². The standard InChI is InChI=1S/C8H16O2.C5H9N2/c1-3-5-6-7(4-2)8(9)10;1-6-3-4-7(2)5-6/h7H,3-6H2,1-2H3,(H,9,10);3-5H,1-2H3/q;+1/p-1. The van der Waals surface area contributed by atoms with Crippen LogP contribution in [0.25, 0.3) is 0 Å². The molecule has 0 N–H and O–H groups in total. The van der Waals surface area contributed by atoms with Crippen LogP contribution in [0.4, 0.5) is 0 Å². The number of aryl methyl sites for hydroxylation is 2. The van der Waals surface area contributed by atoms with Crippen LogP contribution in [0.1, 0.15) is 39.5 Å². The summed E-state index contributed by atoms with van der Waals surface area (Å²) in [6.45, 7) is 3.94. The molecule has 1 unspecified atom stereocenters. The van der Waals surface area contributed by atoms with Crippen molar-refractivity contribution in [2.24, 2.45) is 20.0 Å². The molecule has 1 aromatic rings. The SMILES string of the molecule is CCCCC(CC)C(=O)[O-].Cn1cc[n+](C)c1. The first kappa shape index (κ1) is 15.7. The summed E-state index contributed by atoms with van der Waals surface area (Å²) in [5.41, 5.74) is 0. The Morgan fingerprint density at radius 1 is 1.47 bits per heavy atom. The second-order valence-electron chi connectivity index (χ2n) is 4.31. The van der Waals surface area contributed by atoms with Crippen molar-refractivity contribution in [2.75, 3.05) is 0 Å². The van der Waals surface area contributed by atoms with Gasteiger partial charge in [-0.25, -0.2) is 9.13 Å². The number of carbonyl (C=O) groups excluding carboxylic acids is 1. The van der Waals surface area contributed by atoms with Gasteiger partial charge in [0.1, 0.15) is 12.4 Å². The van der Waals surface area contributed by atoms with Crippen LogP contribution in [0.5, 0.6) is 0 Å². The summed E-state index contributed by atoms with van der Waals surface area (Å²) in [5, 5.41) is 10.3. The molecule has 0 bridgehead atoms. The molecule has 1 rings (SSSR count). The molecular formula is C13H24N2O2. The third-order valence-electron chi connectivity index (χ3n) is 2.63. The Balaban J connectivity index is 0.000000318. The minimum absolute atomic E-state index is 0.222. The van der Waals surface area contributed by atoms with Gasteiger partial charge in [0.05, 0.1) is 14.1 Å². The lowest BCUT2D eigenvalue weighted by molar-refractivity contribution is -0.670. The molecule has 1 atom stereocenters. The van der Waals surface area contributed by atoms with Gasteiger partial charge in [0, 0.05) is 5.97 Å². The largest absolute Gasteiger partial charge is 0.550 e. The van der Waals surface area contributed by atoms with Crippen LogP contribution in [0, 0.1) is 5.92 Å². The minimum atomic E-state index is -0.893. The van der Waals surface area contributed by atoms with E-state index in [2.05, 4.69) is 6.92 Å². The molecule has 0 spiro atoms. The predicted octanol–water partition coefficient (Wildman–Crippen LogP) is 0.802. The number of carboxylic acids is 1. The van der Waals surface area contributed by atoms with E-state index in [1.54, 1.807) is 0 Å². The number of aromatic nitrogens is 2. The average molecular weight is 240 g/mol. The van der Waals surface area contributed by atoms with Gasteiger partial charge in [-0.15, -0.1) is 0 Å². The van der Waals surface area contributed by atoms with E-state index in [9.17, 15) is 9.90 Å². The molecule has 0 fully saturated rings. The lowest BCUT2D eigenvalue weighted by Crippen LogP contribution is -2.30. The maximum absolute atomic E-state index is 10.3. The Hall–Kier alpha value is -1.32. The van der Waals surface area contributed by atoms with Crippen molar-refractivity contribution in [1.29, 1.82) is 0 Å². The number of carboxylic acid groups (broad SMARTS) is 1. The van der Waals surface area contributed by atoms with Crippen molar-refractivity contribution in [2.45, 2.75) is 39.5 Å². The van der Waals surface area contributed by atoms with Gasteiger partial charge < -0.3 is 9.90 Å². The van der Waals surface area contributed by atoms with E-state index < -0.39 is 5.97 Å². The Labute approximate surface area is 104 Å². The molecule has 0 aliphatic heterocycles. The Morgan fingerprint density at radius 2 is 2.12 bits per heavy atom. The van der Waals surface area contributed by atoms with Crippen LogP contribution < -0.4 is 9.67 Å². The topological polar surface area (TPSA) is 48.9 Å². The van der Waals surface area contributed by atoms with E-state index in [0.29, 0.717) is 6.42 Å². The van der Waals surface area contributed by atoms with Crippen LogP contribution in [0.2, 0.25) is 0 Å². The number of aliphatic carboxylic acids is 1. The number of carbonyl (C=O) groups is 1. The molecule has 0 aliphatic carbocycles. The smallest absolute Gasteiger partial charge is 0.243 e. The zero-order chi connectivity index (χ0) is 13.3. The third-order valence-corrected chi connectivity index (χ3v) is 2.63. The molecule has 4 heteroatoms. The number of imidazole rings is 1. The summed E-state index contributed by atoms with van der Waals surface area (Å²) >= 11 is 0. The van der Waals surface area contributed by atoms with E-state index >= 15 is 0 Å². The van der Waals surface area contributed by atoms with Crippen molar-refractivity contribution in [3.8, 4) is 0 Å². The zero-order valence-electron chi connectivity index (χ0n) is 11.3. The number of rotatable bonds is 5. The quantitative estimate of drug-likeness (QED) is 0.715. The molecule has 0 saturated heterocycles. The van der Waals surface area contributed by atoms with Crippen LogP contribution in [-0.2, 0) is 18.9 Å². The van der Waals surface area contributed by atoms with Crippen LogP contribution >= 0.6 is 0 Å². The number of unbranched alkanes of at least 4 members (excludes halogenated alkanes) is 1. The van der Waals surface area contributed by atoms with Crippen molar-refractivity contribution < 1.29 is 14.5 Å². The molecule has 1 heterocycles. The van der Waals surface area contributed by atoms with E-state index in [1.807, 2.05) is 48.9 Å². The molecule has 0 radical (unpaired) electrons. The second kappa shape index (κ2) is 8.79. The maximum atomic E-state index is 10.3. The maximum Gasteiger partial charge on any atom is 0.243 e. The summed E-state index contributed by atoms with van der Waals surface area (Å²) in [7, 11) is 4.00. The number of nitrogens with zero attached hydrogens (tertiary/aromatic N) is 2. The molecular weight excluding hydrogens is 216 g/mol. The summed E-state index contributed by atoms with van der Waals surface area (Å²) in [4.78, 5) is 10.3. The summed E-state index contributed by atoms with van der Waals surface area (Å²) in [6.07, 6.45) is 9.52. The van der Waals surface area contributed by atoms with Gasteiger partial charge >= 0.3 is 0 Å². The summed E-state index contributed by atoms with van der Waals surface area (Å²) < 4.78 is 4.00. The van der Waals surface area contributed by atoms with Gasteiger partial charge in [0.25, 0.3) is 0 Å². The van der Waals surface area contributed by atoms with Crippen LogP contribution in [0.3, 0.4) is 0 Å². The van der Waals surface area contributed by atoms with E-state index in [0.717, 1.165) is 19.3 Å². The molecule has 1 aromatic heterocycles. The normalized spacial score (nSPS) is 11.5. The molecule has 0 aliphatic rings. The second-order valence-corrected chi connectivity index (χ2v) is 4.31. The van der Waals surface area contributed by atoms with E-state index in [-0.39, 0.29) is 5.92 Å². The first-order valence-corrected chi connectivity index (χ1v) is 6.19. The fraction of sp³-hybridized carbons (Fsp3) is 0.692. The Kier molecular flexibility index (Phi) is 8.11. The molecule has 98 valence electrons. The van der Waals surface area contributed by atoms with Crippen molar-refractivity contribution in [1.82, 2.24) is 4.57 Å². The van der Waals surface area contributed by atoms with Gasteiger partial charge in [-0.3, -0.25) is 0 Å². The zero-order valence-corrected chi connectivity index (χ0v) is 11.3. The first-order chi connectivity index (χ1) is 8.01. The Bertz CT molecular complexity index is 304. The predicted molar refractivity (Wildman–Crippen MR) is 64.9 cm³/mol. The van der Waals surface area contributed by atoms with Gasteiger partial charge in [0.15, 0.2) is 0 Å². The van der Waals surface area contributed by atoms with Gasteiger partial charge in [-0.2, -0.15) is 0 Å². The average Bonchev–Trinajstić information content (AvgIpc) is 2.64. The number of hydrogen-bond donors (Lipinski definition) is 0. The fourth-order valence-electron chi connectivity index (χ4n) is 1.51. The Morgan fingerprint density at radius 3 is 2.35 bits per heavy atom. The van der Waals surface area contributed by atoms with Crippen molar-refractivity contribution >= 4 is 5.97 Å². The van der Waals surface area contributed by atoms with Crippen LogP contribution in [-0.4, -0.2) is 10.5 Å². The lowest BCUT2D eigenvalue weighted by Gasteiger charge is -2.14. The molecule has 0 aromatic carbocycles. The highest BCUT2D eigenvalue weighted by atomic mass is 16.4. The molecule has 0 saturated carbocycles. The molecule has 17 heavy (non-hydrogen) atoms. The van der Waals surface area contributed by atoms with Crippen molar-refractivity contribution in [3.05, 3.63) is 18.7 Å².